The number of nitrogens with zero attached hydrogens (tertiary/aromatic N) is 5. The molecule has 0 atom stereocenters. The molecule has 0 spiro atoms. The van der Waals surface area contributed by atoms with Crippen molar-refractivity contribution >= 4 is 32.9 Å². The van der Waals surface area contributed by atoms with Gasteiger partial charge < -0.3 is 9.88 Å². The molecule has 0 radical (unpaired) electrons. The minimum Gasteiger partial charge on any atom is -0.350 e. The topological polar surface area (TPSA) is 104 Å². The molecule has 4 aromatic rings. The Morgan fingerprint density at radius 1 is 1.13 bits per heavy atom. The standard InChI is InChI=1S/C21H19BrN6O3/c1-26-9-2-3-16(20(26)30)19(29)23-8-10-28-18-17(11-25-28)21(31)27(13-24-18)12-14-4-6-15(22)7-5-14/h2-7,9,11,13H,8,10,12H2,1H3,(H,23,29). The molecule has 3 heterocycles. The number of rotatable bonds is 6. The fourth-order valence-corrected chi connectivity index (χ4v) is 3.47. The molecule has 158 valence electrons. The predicted octanol–water partition coefficient (Wildman–Crippen LogP) is 1.53. The quantitative estimate of drug-likeness (QED) is 0.448. The van der Waals surface area contributed by atoms with E-state index in [2.05, 4.69) is 31.3 Å². The molecule has 0 unspecified atom stereocenters. The highest BCUT2D eigenvalue weighted by atomic mass is 79.9. The van der Waals surface area contributed by atoms with Gasteiger partial charge in [-0.2, -0.15) is 5.10 Å². The van der Waals surface area contributed by atoms with Crippen molar-refractivity contribution in [2.24, 2.45) is 7.05 Å². The molecule has 1 N–H and O–H groups in total. The van der Waals surface area contributed by atoms with Gasteiger partial charge in [0.25, 0.3) is 17.0 Å². The number of amides is 1. The molecule has 3 aromatic heterocycles. The molecule has 1 amide bonds. The van der Waals surface area contributed by atoms with E-state index in [-0.39, 0.29) is 23.2 Å². The van der Waals surface area contributed by atoms with Crippen LogP contribution in [0, 0.1) is 0 Å². The van der Waals surface area contributed by atoms with E-state index in [1.54, 1.807) is 24.0 Å². The Labute approximate surface area is 185 Å². The number of pyridine rings is 1. The summed E-state index contributed by atoms with van der Waals surface area (Å²) in [6, 6.07) is 10.8. The summed E-state index contributed by atoms with van der Waals surface area (Å²) in [6.07, 6.45) is 4.57. The van der Waals surface area contributed by atoms with Crippen molar-refractivity contribution in [1.29, 1.82) is 0 Å². The van der Waals surface area contributed by atoms with E-state index in [0.29, 0.717) is 24.1 Å². The zero-order valence-electron chi connectivity index (χ0n) is 16.7. The van der Waals surface area contributed by atoms with E-state index < -0.39 is 5.91 Å². The Balaban J connectivity index is 1.47. The molecule has 0 saturated heterocycles. The summed E-state index contributed by atoms with van der Waals surface area (Å²) < 4.78 is 5.41. The van der Waals surface area contributed by atoms with Gasteiger partial charge in [0.1, 0.15) is 17.3 Å². The highest BCUT2D eigenvalue weighted by Gasteiger charge is 2.13. The van der Waals surface area contributed by atoms with Gasteiger partial charge in [-0.3, -0.25) is 19.0 Å². The average molecular weight is 483 g/mol. The molecule has 0 saturated carbocycles. The molecule has 1 aromatic carbocycles. The SMILES string of the molecule is Cn1cccc(C(=O)NCCn2ncc3c(=O)n(Cc4ccc(Br)cc4)cnc32)c1=O. The maximum atomic E-state index is 12.8. The van der Waals surface area contributed by atoms with Gasteiger partial charge in [0.15, 0.2) is 5.65 Å². The van der Waals surface area contributed by atoms with Crippen LogP contribution in [0.3, 0.4) is 0 Å². The first-order chi connectivity index (χ1) is 14.9. The lowest BCUT2D eigenvalue weighted by atomic mass is 10.2. The summed E-state index contributed by atoms with van der Waals surface area (Å²) in [5.41, 5.74) is 0.952. The molecule has 4 rings (SSSR count). The highest BCUT2D eigenvalue weighted by Crippen LogP contribution is 2.12. The number of hydrogen-bond donors (Lipinski definition) is 1. The van der Waals surface area contributed by atoms with Crippen LogP contribution in [0.2, 0.25) is 0 Å². The van der Waals surface area contributed by atoms with Crippen molar-refractivity contribution < 1.29 is 4.79 Å². The van der Waals surface area contributed by atoms with Gasteiger partial charge in [0, 0.05) is 24.3 Å². The summed E-state index contributed by atoms with van der Waals surface area (Å²) in [6.45, 7) is 0.950. The zero-order valence-corrected chi connectivity index (χ0v) is 18.2. The summed E-state index contributed by atoms with van der Waals surface area (Å²) in [4.78, 5) is 41.5. The van der Waals surface area contributed by atoms with Gasteiger partial charge in [-0.25, -0.2) is 9.67 Å². The second-order valence-corrected chi connectivity index (χ2v) is 7.92. The summed E-state index contributed by atoms with van der Waals surface area (Å²) in [7, 11) is 1.59. The lowest BCUT2D eigenvalue weighted by Crippen LogP contribution is -2.33. The number of aryl methyl sites for hydroxylation is 1. The average Bonchev–Trinajstić information content (AvgIpc) is 3.17. The first-order valence-electron chi connectivity index (χ1n) is 9.53. The number of fused-ring (bicyclic) bond motifs is 1. The number of halogens is 1. The molecule has 0 aliphatic heterocycles. The summed E-state index contributed by atoms with van der Waals surface area (Å²) in [5.74, 6) is -0.456. The number of nitrogens with one attached hydrogen (secondary N) is 1. The first kappa shape index (κ1) is 20.7. The number of carbonyl (C=O) groups excluding carboxylic acids is 1. The smallest absolute Gasteiger partial charge is 0.264 e. The monoisotopic (exact) mass is 482 g/mol. The molecular formula is C21H19BrN6O3. The van der Waals surface area contributed by atoms with E-state index in [0.717, 1.165) is 10.0 Å². The largest absolute Gasteiger partial charge is 0.350 e. The molecule has 0 bridgehead atoms. The summed E-state index contributed by atoms with van der Waals surface area (Å²) >= 11 is 3.40. The summed E-state index contributed by atoms with van der Waals surface area (Å²) in [5, 5.41) is 7.35. The van der Waals surface area contributed by atoms with E-state index in [9.17, 15) is 14.4 Å². The molecule has 31 heavy (non-hydrogen) atoms. The van der Waals surface area contributed by atoms with Crippen LogP contribution < -0.4 is 16.4 Å². The Hall–Kier alpha value is -3.53. The highest BCUT2D eigenvalue weighted by molar-refractivity contribution is 9.10. The normalized spacial score (nSPS) is 11.0. The van der Waals surface area contributed by atoms with E-state index in [4.69, 9.17) is 0 Å². The molecule has 10 heteroatoms. The van der Waals surface area contributed by atoms with Gasteiger partial charge in [0.05, 0.1) is 19.3 Å². The second kappa shape index (κ2) is 8.68. The number of hydrogen-bond acceptors (Lipinski definition) is 5. The van der Waals surface area contributed by atoms with Crippen LogP contribution in [0.1, 0.15) is 15.9 Å². The van der Waals surface area contributed by atoms with Crippen molar-refractivity contribution in [3.63, 3.8) is 0 Å². The van der Waals surface area contributed by atoms with Crippen LogP contribution >= 0.6 is 15.9 Å². The van der Waals surface area contributed by atoms with Crippen molar-refractivity contribution in [2.45, 2.75) is 13.1 Å². The molecular weight excluding hydrogens is 464 g/mol. The zero-order chi connectivity index (χ0) is 22.0. The maximum absolute atomic E-state index is 12.8. The van der Waals surface area contributed by atoms with E-state index in [1.807, 2.05) is 24.3 Å². The van der Waals surface area contributed by atoms with Crippen LogP contribution in [0.25, 0.3) is 11.0 Å². The van der Waals surface area contributed by atoms with Crippen LogP contribution in [-0.4, -0.2) is 36.4 Å². The first-order valence-corrected chi connectivity index (χ1v) is 10.3. The fourth-order valence-electron chi connectivity index (χ4n) is 3.20. The lowest BCUT2D eigenvalue weighted by Gasteiger charge is -2.08. The Bertz CT molecular complexity index is 1370. The van der Waals surface area contributed by atoms with Gasteiger partial charge in [0.2, 0.25) is 0 Å². The van der Waals surface area contributed by atoms with Gasteiger partial charge in [-0.1, -0.05) is 28.1 Å². The Kier molecular flexibility index (Phi) is 5.81. The van der Waals surface area contributed by atoms with E-state index in [1.165, 1.54) is 27.7 Å². The minimum absolute atomic E-state index is 0.0734. The van der Waals surface area contributed by atoms with Crippen LogP contribution in [0.4, 0.5) is 0 Å². The van der Waals surface area contributed by atoms with Crippen LogP contribution in [0.15, 0.2) is 69.2 Å². The fraction of sp³-hybridized carbons (Fsp3) is 0.190. The van der Waals surface area contributed by atoms with Gasteiger partial charge in [-0.15, -0.1) is 0 Å². The van der Waals surface area contributed by atoms with Crippen molar-refractivity contribution in [2.75, 3.05) is 6.54 Å². The number of benzene rings is 1. The van der Waals surface area contributed by atoms with Crippen molar-refractivity contribution in [3.8, 4) is 0 Å². The third-order valence-electron chi connectivity index (χ3n) is 4.87. The Morgan fingerprint density at radius 3 is 2.68 bits per heavy atom. The lowest BCUT2D eigenvalue weighted by molar-refractivity contribution is 0.0950. The molecule has 0 aliphatic rings. The number of aromatic nitrogens is 5. The third-order valence-corrected chi connectivity index (χ3v) is 5.39. The van der Waals surface area contributed by atoms with Gasteiger partial charge in [-0.05, 0) is 29.8 Å². The Morgan fingerprint density at radius 2 is 1.90 bits per heavy atom. The van der Waals surface area contributed by atoms with Crippen molar-refractivity contribution in [3.05, 3.63) is 91.4 Å². The number of carbonyl (C=O) groups is 1. The minimum atomic E-state index is -0.456. The van der Waals surface area contributed by atoms with Gasteiger partial charge >= 0.3 is 0 Å². The second-order valence-electron chi connectivity index (χ2n) is 7.00. The molecule has 0 aliphatic carbocycles. The van der Waals surface area contributed by atoms with E-state index >= 15 is 0 Å². The van der Waals surface area contributed by atoms with Crippen LogP contribution in [0.5, 0.6) is 0 Å². The third kappa shape index (κ3) is 4.33. The van der Waals surface area contributed by atoms with Crippen molar-refractivity contribution in [1.82, 2.24) is 29.2 Å². The maximum Gasteiger partial charge on any atom is 0.264 e. The molecule has 9 nitrogen and oxygen atoms in total. The predicted molar refractivity (Wildman–Crippen MR) is 119 cm³/mol. The van der Waals surface area contributed by atoms with Crippen LogP contribution in [-0.2, 0) is 20.1 Å². The molecule has 0 fully saturated rings.